The summed E-state index contributed by atoms with van der Waals surface area (Å²) < 4.78 is 38.5. The van der Waals surface area contributed by atoms with Crippen molar-refractivity contribution in [3.8, 4) is 0 Å². The number of nitrogens with zero attached hydrogens (tertiary/aromatic N) is 1. The van der Waals surface area contributed by atoms with Crippen molar-refractivity contribution in [2.24, 2.45) is 0 Å². The highest BCUT2D eigenvalue weighted by Gasteiger charge is 2.34. The molecule has 4 rings (SSSR count). The molecule has 1 aliphatic heterocycles. The Kier molecular flexibility index (Phi) is 6.33. The summed E-state index contributed by atoms with van der Waals surface area (Å²) in [7, 11) is 0. The Morgan fingerprint density at radius 2 is 1.67 bits per heavy atom. The van der Waals surface area contributed by atoms with E-state index in [1.165, 1.54) is 23.9 Å². The Hall–Kier alpha value is -3.46. The number of urea groups is 1. The zero-order chi connectivity index (χ0) is 23.6. The summed E-state index contributed by atoms with van der Waals surface area (Å²) in [5.41, 5.74) is 2.43. The van der Waals surface area contributed by atoms with E-state index in [1.807, 2.05) is 43.3 Å². The lowest BCUT2D eigenvalue weighted by Crippen LogP contribution is -2.28. The molecule has 5 nitrogen and oxygen atoms in total. The van der Waals surface area contributed by atoms with Gasteiger partial charge in [-0.3, -0.25) is 9.69 Å². The fraction of sp³-hybridized carbons (Fsp3) is 0.167. The monoisotopic (exact) mass is 471 g/mol. The van der Waals surface area contributed by atoms with E-state index in [9.17, 15) is 22.8 Å². The number of nitrogens with one attached hydrogen (secondary N) is 2. The fourth-order valence-corrected chi connectivity index (χ4v) is 4.73. The SMILES string of the molecule is Cc1ccccc1N1C(=O)CSC1c1ccc(NC(=O)Nc2cccc(C(F)(F)F)c2)cc1. The van der Waals surface area contributed by atoms with Gasteiger partial charge in [0.25, 0.3) is 0 Å². The Morgan fingerprint density at radius 3 is 2.36 bits per heavy atom. The molecule has 3 aromatic carbocycles. The van der Waals surface area contributed by atoms with Gasteiger partial charge in [-0.05, 0) is 54.4 Å². The molecule has 3 aromatic rings. The zero-order valence-corrected chi connectivity index (χ0v) is 18.3. The number of halogens is 3. The summed E-state index contributed by atoms with van der Waals surface area (Å²) in [6.45, 7) is 1.96. The normalized spacial score (nSPS) is 16.1. The number of carbonyl (C=O) groups excluding carboxylic acids is 2. The van der Waals surface area contributed by atoms with Gasteiger partial charge < -0.3 is 10.6 Å². The molecule has 0 spiro atoms. The van der Waals surface area contributed by atoms with Crippen molar-refractivity contribution in [3.63, 3.8) is 0 Å². The van der Waals surface area contributed by atoms with Crippen LogP contribution in [0.4, 0.5) is 35.0 Å². The van der Waals surface area contributed by atoms with Gasteiger partial charge in [-0.25, -0.2) is 4.79 Å². The predicted octanol–water partition coefficient (Wildman–Crippen LogP) is 6.44. The largest absolute Gasteiger partial charge is 0.416 e. The minimum atomic E-state index is -4.49. The van der Waals surface area contributed by atoms with Gasteiger partial charge in [0, 0.05) is 17.1 Å². The van der Waals surface area contributed by atoms with E-state index < -0.39 is 17.8 Å². The van der Waals surface area contributed by atoms with E-state index in [4.69, 9.17) is 0 Å². The molecule has 2 N–H and O–H groups in total. The third-order valence-electron chi connectivity index (χ3n) is 5.14. The first-order valence-electron chi connectivity index (χ1n) is 10.1. The van der Waals surface area contributed by atoms with Crippen molar-refractivity contribution < 1.29 is 22.8 Å². The summed E-state index contributed by atoms with van der Waals surface area (Å²) in [6.07, 6.45) is -4.49. The second-order valence-electron chi connectivity index (χ2n) is 7.49. The highest BCUT2D eigenvalue weighted by atomic mass is 32.2. The number of hydrogen-bond acceptors (Lipinski definition) is 3. The standard InChI is InChI=1S/C24H20F3N3O2S/c1-15-5-2-3-8-20(15)30-21(31)14-33-22(30)16-9-11-18(12-10-16)28-23(32)29-19-7-4-6-17(13-19)24(25,26)27/h2-13,22H,14H2,1H3,(H2,28,29,32). The molecule has 9 heteroatoms. The van der Waals surface area contributed by atoms with Gasteiger partial charge in [0.1, 0.15) is 5.37 Å². The maximum Gasteiger partial charge on any atom is 0.416 e. The number of rotatable bonds is 4. The van der Waals surface area contributed by atoms with Crippen LogP contribution in [0.15, 0.2) is 72.8 Å². The molecule has 1 atom stereocenters. The minimum Gasteiger partial charge on any atom is -0.308 e. The Morgan fingerprint density at radius 1 is 0.970 bits per heavy atom. The molecule has 0 radical (unpaired) electrons. The average Bonchev–Trinajstić information content (AvgIpc) is 3.15. The highest BCUT2D eigenvalue weighted by Crippen LogP contribution is 2.42. The number of alkyl halides is 3. The van der Waals surface area contributed by atoms with Crippen LogP contribution in [0.25, 0.3) is 0 Å². The van der Waals surface area contributed by atoms with Crippen LogP contribution in [0.1, 0.15) is 22.1 Å². The lowest BCUT2D eigenvalue weighted by atomic mass is 10.1. The molecule has 0 aliphatic carbocycles. The molecule has 0 bridgehead atoms. The van der Waals surface area contributed by atoms with Gasteiger partial charge >= 0.3 is 12.2 Å². The number of benzene rings is 3. The van der Waals surface area contributed by atoms with E-state index >= 15 is 0 Å². The van der Waals surface area contributed by atoms with Gasteiger partial charge in [0.05, 0.1) is 11.3 Å². The summed E-state index contributed by atoms with van der Waals surface area (Å²) >= 11 is 1.52. The number of carbonyl (C=O) groups is 2. The van der Waals surface area contributed by atoms with Crippen LogP contribution < -0.4 is 15.5 Å². The van der Waals surface area contributed by atoms with Gasteiger partial charge in [0.15, 0.2) is 0 Å². The van der Waals surface area contributed by atoms with Crippen molar-refractivity contribution >= 4 is 40.8 Å². The number of hydrogen-bond donors (Lipinski definition) is 2. The quantitative estimate of drug-likeness (QED) is 0.461. The first kappa shape index (κ1) is 22.7. The van der Waals surface area contributed by atoms with E-state index in [1.54, 1.807) is 17.0 Å². The van der Waals surface area contributed by atoms with E-state index in [-0.39, 0.29) is 17.0 Å². The first-order valence-corrected chi connectivity index (χ1v) is 11.1. The fourth-order valence-electron chi connectivity index (χ4n) is 3.56. The molecule has 170 valence electrons. The molecular weight excluding hydrogens is 451 g/mol. The maximum absolute atomic E-state index is 12.8. The second kappa shape index (κ2) is 9.19. The summed E-state index contributed by atoms with van der Waals surface area (Å²) in [5.74, 6) is 0.403. The lowest BCUT2D eigenvalue weighted by Gasteiger charge is -2.26. The highest BCUT2D eigenvalue weighted by molar-refractivity contribution is 8.00. The molecule has 0 aromatic heterocycles. The molecule has 1 saturated heterocycles. The van der Waals surface area contributed by atoms with Crippen molar-refractivity contribution in [2.75, 3.05) is 21.3 Å². The smallest absolute Gasteiger partial charge is 0.308 e. The molecule has 1 unspecified atom stereocenters. The first-order chi connectivity index (χ1) is 15.7. The number of amides is 3. The molecule has 1 fully saturated rings. The molecule has 33 heavy (non-hydrogen) atoms. The van der Waals surface area contributed by atoms with Crippen LogP contribution in [0.3, 0.4) is 0 Å². The van der Waals surface area contributed by atoms with Crippen molar-refractivity contribution in [1.82, 2.24) is 0 Å². The van der Waals surface area contributed by atoms with Crippen LogP contribution in [0, 0.1) is 6.92 Å². The number of aryl methyl sites for hydroxylation is 1. The molecule has 3 amide bonds. The minimum absolute atomic E-state index is 0.0296. The summed E-state index contributed by atoms with van der Waals surface area (Å²) in [5, 5.41) is 4.83. The topological polar surface area (TPSA) is 61.4 Å². The Balaban J connectivity index is 1.45. The van der Waals surface area contributed by atoms with E-state index in [0.717, 1.165) is 28.9 Å². The number of thioether (sulfide) groups is 1. The predicted molar refractivity (Wildman–Crippen MR) is 124 cm³/mol. The van der Waals surface area contributed by atoms with Gasteiger partial charge in [-0.2, -0.15) is 13.2 Å². The van der Waals surface area contributed by atoms with Crippen molar-refractivity contribution in [1.29, 1.82) is 0 Å². The van der Waals surface area contributed by atoms with Gasteiger partial charge in [-0.1, -0.05) is 36.4 Å². The van der Waals surface area contributed by atoms with Crippen LogP contribution in [0.5, 0.6) is 0 Å². The van der Waals surface area contributed by atoms with Crippen molar-refractivity contribution in [3.05, 3.63) is 89.5 Å². The zero-order valence-electron chi connectivity index (χ0n) is 17.5. The molecular formula is C24H20F3N3O2S. The number of para-hydroxylation sites is 1. The van der Waals surface area contributed by atoms with E-state index in [2.05, 4.69) is 10.6 Å². The lowest BCUT2D eigenvalue weighted by molar-refractivity contribution is -0.137. The third-order valence-corrected chi connectivity index (χ3v) is 6.36. The van der Waals surface area contributed by atoms with Gasteiger partial charge in [-0.15, -0.1) is 11.8 Å². The molecule has 1 aliphatic rings. The van der Waals surface area contributed by atoms with Crippen LogP contribution >= 0.6 is 11.8 Å². The average molecular weight is 472 g/mol. The Labute approximate surface area is 193 Å². The number of anilines is 3. The summed E-state index contributed by atoms with van der Waals surface area (Å²) in [6, 6.07) is 18.5. The van der Waals surface area contributed by atoms with E-state index in [0.29, 0.717) is 11.4 Å². The van der Waals surface area contributed by atoms with Gasteiger partial charge in [0.2, 0.25) is 5.91 Å². The molecule has 0 saturated carbocycles. The van der Waals surface area contributed by atoms with Crippen molar-refractivity contribution in [2.45, 2.75) is 18.5 Å². The third kappa shape index (κ3) is 5.14. The van der Waals surface area contributed by atoms with Crippen LogP contribution in [-0.4, -0.2) is 17.7 Å². The Bertz CT molecular complexity index is 1180. The maximum atomic E-state index is 12.8. The second-order valence-corrected chi connectivity index (χ2v) is 8.56. The summed E-state index contributed by atoms with van der Waals surface area (Å²) in [4.78, 5) is 26.6. The van der Waals surface area contributed by atoms with Crippen LogP contribution in [0.2, 0.25) is 0 Å². The van der Waals surface area contributed by atoms with Crippen LogP contribution in [-0.2, 0) is 11.0 Å². The molecule has 1 heterocycles.